The number of hydrogen-bond acceptors (Lipinski definition) is 6. The molecule has 3 atom stereocenters. The summed E-state index contributed by atoms with van der Waals surface area (Å²) in [6.07, 6.45) is 0.0848. The van der Waals surface area contributed by atoms with Crippen LogP contribution < -0.4 is 10.6 Å². The van der Waals surface area contributed by atoms with Gasteiger partial charge < -0.3 is 25.0 Å². The van der Waals surface area contributed by atoms with Gasteiger partial charge in [-0.1, -0.05) is 97.9 Å². The summed E-state index contributed by atoms with van der Waals surface area (Å²) in [6, 6.07) is 24.4. The molecular formula is C40H53N3O6. The van der Waals surface area contributed by atoms with Crippen molar-refractivity contribution >= 4 is 23.9 Å². The number of carbonyl (C=O) groups excluding carboxylic acids is 4. The third kappa shape index (κ3) is 12.1. The van der Waals surface area contributed by atoms with E-state index in [0.717, 1.165) is 11.1 Å². The predicted octanol–water partition coefficient (Wildman–Crippen LogP) is 6.95. The highest BCUT2D eigenvalue weighted by molar-refractivity contribution is 5.94. The van der Waals surface area contributed by atoms with Gasteiger partial charge in [0, 0.05) is 18.4 Å². The molecule has 0 aliphatic rings. The molecule has 0 spiro atoms. The third-order valence-corrected chi connectivity index (χ3v) is 7.94. The van der Waals surface area contributed by atoms with E-state index in [-0.39, 0.29) is 12.8 Å². The smallest absolute Gasteiger partial charge is 0.408 e. The van der Waals surface area contributed by atoms with Gasteiger partial charge in [0.05, 0.1) is 0 Å². The van der Waals surface area contributed by atoms with Crippen LogP contribution in [0.15, 0.2) is 91.0 Å². The minimum atomic E-state index is -1.16. The lowest BCUT2D eigenvalue weighted by molar-refractivity contribution is -0.159. The first-order chi connectivity index (χ1) is 22.9. The summed E-state index contributed by atoms with van der Waals surface area (Å²) in [5.41, 5.74) is -0.261. The number of nitrogens with zero attached hydrogens (tertiary/aromatic N) is 1. The summed E-state index contributed by atoms with van der Waals surface area (Å²) in [4.78, 5) is 57.9. The maximum atomic E-state index is 15.0. The Morgan fingerprint density at radius 1 is 0.633 bits per heavy atom. The average molecular weight is 672 g/mol. The number of benzene rings is 3. The number of carbonyl (C=O) groups is 4. The number of amides is 3. The van der Waals surface area contributed by atoms with Gasteiger partial charge in [-0.05, 0) is 78.5 Å². The molecule has 3 unspecified atom stereocenters. The summed E-state index contributed by atoms with van der Waals surface area (Å²) in [5, 5.41) is 5.76. The molecule has 0 fully saturated rings. The lowest BCUT2D eigenvalue weighted by Crippen LogP contribution is -2.60. The number of esters is 1. The number of ether oxygens (including phenoxy) is 2. The Morgan fingerprint density at radius 3 is 1.53 bits per heavy atom. The zero-order valence-corrected chi connectivity index (χ0v) is 30.4. The molecule has 9 nitrogen and oxygen atoms in total. The molecule has 0 radical (unpaired) electrons. The first-order valence-electron chi connectivity index (χ1n) is 16.9. The van der Waals surface area contributed by atoms with E-state index in [1.54, 1.807) is 65.8 Å². The summed E-state index contributed by atoms with van der Waals surface area (Å²) in [7, 11) is 0. The molecule has 0 saturated carbocycles. The zero-order valence-electron chi connectivity index (χ0n) is 30.4. The van der Waals surface area contributed by atoms with Crippen molar-refractivity contribution < 1.29 is 28.7 Å². The monoisotopic (exact) mass is 671 g/mol. The Kier molecular flexibility index (Phi) is 13.2. The zero-order chi connectivity index (χ0) is 36.4. The highest BCUT2D eigenvalue weighted by Gasteiger charge is 2.44. The van der Waals surface area contributed by atoms with Gasteiger partial charge in [-0.15, -0.1) is 0 Å². The van der Waals surface area contributed by atoms with Crippen molar-refractivity contribution in [2.24, 2.45) is 0 Å². The van der Waals surface area contributed by atoms with Crippen molar-refractivity contribution in [1.82, 2.24) is 15.5 Å². The van der Waals surface area contributed by atoms with Crippen molar-refractivity contribution in [2.45, 2.75) is 116 Å². The van der Waals surface area contributed by atoms with Crippen LogP contribution in [0.3, 0.4) is 0 Å². The maximum absolute atomic E-state index is 15.0. The SMILES string of the molecule is CCC(C)(C)N(C(=O)C(Cc1ccccc1)NC(=O)OC(C)(C)C)C(C(=O)NC(Cc1ccccc1)C(=O)OC(C)(C)C)c1ccccc1. The fourth-order valence-corrected chi connectivity index (χ4v) is 5.33. The normalized spacial score (nSPS) is 13.7. The molecule has 0 aliphatic heterocycles. The Balaban J connectivity index is 2.13. The van der Waals surface area contributed by atoms with E-state index in [1.807, 2.05) is 87.5 Å². The molecule has 0 aromatic heterocycles. The van der Waals surface area contributed by atoms with E-state index in [0.29, 0.717) is 12.0 Å². The van der Waals surface area contributed by atoms with E-state index in [2.05, 4.69) is 10.6 Å². The molecule has 3 aromatic carbocycles. The first-order valence-corrected chi connectivity index (χ1v) is 16.9. The van der Waals surface area contributed by atoms with Crippen LogP contribution in [0.5, 0.6) is 0 Å². The van der Waals surface area contributed by atoms with Crippen LogP contribution >= 0.6 is 0 Å². The lowest BCUT2D eigenvalue weighted by atomic mass is 9.91. The van der Waals surface area contributed by atoms with Crippen LogP contribution in [0.2, 0.25) is 0 Å². The molecule has 0 bridgehead atoms. The highest BCUT2D eigenvalue weighted by Crippen LogP contribution is 2.33. The van der Waals surface area contributed by atoms with Gasteiger partial charge >= 0.3 is 12.1 Å². The second kappa shape index (κ2) is 16.6. The van der Waals surface area contributed by atoms with E-state index in [4.69, 9.17) is 9.47 Å². The first kappa shape index (κ1) is 38.8. The fraction of sp³-hybridized carbons (Fsp3) is 0.450. The molecule has 2 N–H and O–H groups in total. The van der Waals surface area contributed by atoms with Gasteiger partial charge in [0.15, 0.2) is 0 Å². The minimum absolute atomic E-state index is 0.160. The number of alkyl carbamates (subject to hydrolysis) is 1. The Labute approximate surface area is 291 Å². The van der Waals surface area contributed by atoms with Crippen molar-refractivity contribution in [3.8, 4) is 0 Å². The van der Waals surface area contributed by atoms with Crippen LogP contribution in [0.1, 0.15) is 91.5 Å². The topological polar surface area (TPSA) is 114 Å². The standard InChI is InChI=1S/C40H53N3O6/c1-10-40(8,9)43(35(45)31(26-28-20-14-11-15-21-28)42-37(47)49-39(5,6)7)33(30-24-18-13-19-25-30)34(44)41-32(36(46)48-38(2,3)4)27-29-22-16-12-17-23-29/h11-25,31-33H,10,26-27H2,1-9H3,(H,41,44)(H,42,47). The Bertz CT molecular complexity index is 1530. The largest absolute Gasteiger partial charge is 0.458 e. The fourth-order valence-electron chi connectivity index (χ4n) is 5.33. The minimum Gasteiger partial charge on any atom is -0.458 e. The molecule has 264 valence electrons. The molecule has 49 heavy (non-hydrogen) atoms. The van der Waals surface area contributed by atoms with Crippen LogP contribution in [0.25, 0.3) is 0 Å². The molecule has 0 aliphatic carbocycles. The summed E-state index contributed by atoms with van der Waals surface area (Å²) in [6.45, 7) is 16.3. The van der Waals surface area contributed by atoms with Crippen molar-refractivity contribution in [2.75, 3.05) is 0 Å². The maximum Gasteiger partial charge on any atom is 0.408 e. The van der Waals surface area contributed by atoms with Crippen LogP contribution in [-0.2, 0) is 36.7 Å². The van der Waals surface area contributed by atoms with Gasteiger partial charge in [0.2, 0.25) is 11.8 Å². The average Bonchev–Trinajstić information content (AvgIpc) is 3.02. The second-order valence-corrected chi connectivity index (χ2v) is 14.9. The van der Waals surface area contributed by atoms with Gasteiger partial charge in [-0.2, -0.15) is 0 Å². The van der Waals surface area contributed by atoms with Crippen LogP contribution in [0, 0.1) is 0 Å². The van der Waals surface area contributed by atoms with Crippen LogP contribution in [-0.4, -0.2) is 57.6 Å². The van der Waals surface area contributed by atoms with E-state index in [1.165, 1.54) is 4.90 Å². The molecule has 0 heterocycles. The van der Waals surface area contributed by atoms with E-state index < -0.39 is 58.7 Å². The van der Waals surface area contributed by atoms with E-state index >= 15 is 0 Å². The summed E-state index contributed by atoms with van der Waals surface area (Å²) >= 11 is 0. The number of nitrogens with one attached hydrogen (secondary N) is 2. The molecule has 3 amide bonds. The van der Waals surface area contributed by atoms with Crippen molar-refractivity contribution in [1.29, 1.82) is 0 Å². The molecule has 9 heteroatoms. The number of rotatable bonds is 13. The molecular weight excluding hydrogens is 618 g/mol. The summed E-state index contributed by atoms with van der Waals surface area (Å²) in [5.74, 6) is -1.61. The van der Waals surface area contributed by atoms with Gasteiger partial charge in [-0.25, -0.2) is 9.59 Å². The highest BCUT2D eigenvalue weighted by atomic mass is 16.6. The molecule has 0 saturated heterocycles. The van der Waals surface area contributed by atoms with E-state index in [9.17, 15) is 19.2 Å². The predicted molar refractivity (Wildman–Crippen MR) is 192 cm³/mol. The van der Waals surface area contributed by atoms with Gasteiger partial charge in [-0.3, -0.25) is 9.59 Å². The van der Waals surface area contributed by atoms with Gasteiger partial charge in [0.25, 0.3) is 0 Å². The third-order valence-electron chi connectivity index (χ3n) is 7.94. The van der Waals surface area contributed by atoms with Gasteiger partial charge in [0.1, 0.15) is 29.3 Å². The Hall–Kier alpha value is -4.66. The van der Waals surface area contributed by atoms with Crippen molar-refractivity contribution in [3.05, 3.63) is 108 Å². The molecule has 3 rings (SSSR count). The lowest BCUT2D eigenvalue weighted by Gasteiger charge is -2.45. The molecule has 3 aromatic rings. The quantitative estimate of drug-likeness (QED) is 0.190. The summed E-state index contributed by atoms with van der Waals surface area (Å²) < 4.78 is 11.3. The second-order valence-electron chi connectivity index (χ2n) is 14.9. The van der Waals surface area contributed by atoms with Crippen molar-refractivity contribution in [3.63, 3.8) is 0 Å². The Morgan fingerprint density at radius 2 is 1.08 bits per heavy atom. The number of hydrogen-bond donors (Lipinski definition) is 2. The van der Waals surface area contributed by atoms with Crippen LogP contribution in [0.4, 0.5) is 4.79 Å².